The van der Waals surface area contributed by atoms with E-state index in [9.17, 15) is 9.18 Å². The Kier molecular flexibility index (Phi) is 3.74. The van der Waals surface area contributed by atoms with Crippen molar-refractivity contribution in [3.8, 4) is 0 Å². The van der Waals surface area contributed by atoms with Gasteiger partial charge in [0.1, 0.15) is 5.82 Å². The van der Waals surface area contributed by atoms with Crippen LogP contribution in [0.1, 0.15) is 0 Å². The second-order valence-electron chi connectivity index (χ2n) is 2.33. The van der Waals surface area contributed by atoms with Gasteiger partial charge in [-0.1, -0.05) is 15.9 Å². The molecule has 1 rings (SSSR count). The van der Waals surface area contributed by atoms with Crippen LogP contribution >= 0.6 is 28.6 Å². The van der Waals surface area contributed by atoms with Gasteiger partial charge < -0.3 is 5.32 Å². The van der Waals surface area contributed by atoms with Crippen molar-refractivity contribution in [1.82, 2.24) is 0 Å². The maximum absolute atomic E-state index is 13.1. The Morgan fingerprint density at radius 3 is 2.85 bits per heavy atom. The molecule has 0 heterocycles. The predicted octanol–water partition coefficient (Wildman–Crippen LogP) is 2.46. The lowest BCUT2D eigenvalue weighted by Gasteiger charge is -2.04. The van der Waals surface area contributed by atoms with Crippen molar-refractivity contribution < 1.29 is 9.18 Å². The van der Waals surface area contributed by atoms with Crippen LogP contribution in [0.4, 0.5) is 10.1 Å². The van der Waals surface area contributed by atoms with Crippen molar-refractivity contribution in [2.75, 3.05) is 11.1 Å². The predicted molar refractivity (Wildman–Crippen MR) is 56.6 cm³/mol. The van der Waals surface area contributed by atoms with E-state index in [1.807, 2.05) is 0 Å². The lowest BCUT2D eigenvalue weighted by molar-refractivity contribution is -0.113. The number of carbonyl (C=O) groups excluding carboxylic acids is 1. The number of thiol groups is 1. The molecule has 0 bridgehead atoms. The summed E-state index contributed by atoms with van der Waals surface area (Å²) in [5.74, 6) is -0.760. The average molecular weight is 264 g/mol. The average Bonchev–Trinajstić information content (AvgIpc) is 2.09. The number of carbonyl (C=O) groups is 1. The molecule has 1 aromatic carbocycles. The maximum Gasteiger partial charge on any atom is 0.234 e. The largest absolute Gasteiger partial charge is 0.323 e. The molecule has 13 heavy (non-hydrogen) atoms. The Labute approximate surface area is 89.1 Å². The third kappa shape index (κ3) is 3.00. The monoisotopic (exact) mass is 263 g/mol. The highest BCUT2D eigenvalue weighted by Gasteiger charge is 2.04. The summed E-state index contributed by atoms with van der Waals surface area (Å²) >= 11 is 6.87. The summed E-state index contributed by atoms with van der Waals surface area (Å²) in [5, 5.41) is 2.38. The van der Waals surface area contributed by atoms with Gasteiger partial charge in [0.2, 0.25) is 5.91 Å². The lowest BCUT2D eigenvalue weighted by atomic mass is 10.3. The zero-order valence-corrected chi connectivity index (χ0v) is 9.03. The molecule has 0 radical (unpaired) electrons. The van der Waals surface area contributed by atoms with Crippen molar-refractivity contribution >= 4 is 40.2 Å². The van der Waals surface area contributed by atoms with Gasteiger partial charge >= 0.3 is 0 Å². The van der Waals surface area contributed by atoms with Crippen molar-refractivity contribution in [3.05, 3.63) is 28.5 Å². The van der Waals surface area contributed by atoms with Crippen LogP contribution in [0.2, 0.25) is 0 Å². The maximum atomic E-state index is 13.1. The van der Waals surface area contributed by atoms with Crippen molar-refractivity contribution in [2.45, 2.75) is 0 Å². The van der Waals surface area contributed by atoms with Gasteiger partial charge in [-0.05, 0) is 18.2 Å². The number of rotatable bonds is 2. The zero-order valence-electron chi connectivity index (χ0n) is 6.55. The van der Waals surface area contributed by atoms with Gasteiger partial charge in [0.05, 0.1) is 11.4 Å². The second kappa shape index (κ2) is 4.62. The van der Waals surface area contributed by atoms with Crippen molar-refractivity contribution in [3.63, 3.8) is 0 Å². The third-order valence-corrected chi connectivity index (χ3v) is 2.13. The van der Waals surface area contributed by atoms with E-state index < -0.39 is 5.82 Å². The summed E-state index contributed by atoms with van der Waals surface area (Å²) in [4.78, 5) is 10.9. The molecule has 0 spiro atoms. The number of amides is 1. The highest BCUT2D eigenvalue weighted by Crippen LogP contribution is 2.19. The van der Waals surface area contributed by atoms with E-state index >= 15 is 0 Å². The van der Waals surface area contributed by atoms with Crippen LogP contribution in [0, 0.1) is 5.82 Å². The topological polar surface area (TPSA) is 29.1 Å². The van der Waals surface area contributed by atoms with Crippen LogP contribution in [0.5, 0.6) is 0 Å². The number of anilines is 1. The fraction of sp³-hybridized carbons (Fsp3) is 0.125. The molecule has 0 saturated carbocycles. The Bertz CT molecular complexity index is 332. The van der Waals surface area contributed by atoms with Crippen LogP contribution in [0.15, 0.2) is 22.7 Å². The third-order valence-electron chi connectivity index (χ3n) is 1.35. The smallest absolute Gasteiger partial charge is 0.234 e. The van der Waals surface area contributed by atoms with E-state index in [1.165, 1.54) is 12.1 Å². The van der Waals surface area contributed by atoms with E-state index in [-0.39, 0.29) is 17.3 Å². The fourth-order valence-electron chi connectivity index (χ4n) is 0.781. The number of hydrogen-bond acceptors (Lipinski definition) is 2. The normalized spacial score (nSPS) is 9.77. The van der Waals surface area contributed by atoms with Crippen LogP contribution in [-0.4, -0.2) is 11.7 Å². The van der Waals surface area contributed by atoms with Gasteiger partial charge in [-0.15, -0.1) is 0 Å². The van der Waals surface area contributed by atoms with Crippen LogP contribution < -0.4 is 5.32 Å². The van der Waals surface area contributed by atoms with Gasteiger partial charge in [-0.25, -0.2) is 4.39 Å². The SMILES string of the molecule is O=C(CS)Nc1ccc(Br)cc1F. The Morgan fingerprint density at radius 1 is 1.62 bits per heavy atom. The Morgan fingerprint density at radius 2 is 2.31 bits per heavy atom. The molecule has 0 aliphatic rings. The summed E-state index contributed by atoms with van der Waals surface area (Å²) in [6.07, 6.45) is 0. The van der Waals surface area contributed by atoms with E-state index in [0.29, 0.717) is 4.47 Å². The summed E-state index contributed by atoms with van der Waals surface area (Å²) in [7, 11) is 0. The molecular weight excluding hydrogens is 257 g/mol. The summed E-state index contributed by atoms with van der Waals surface area (Å²) < 4.78 is 13.7. The first-order valence-corrected chi connectivity index (χ1v) is 4.92. The standard InChI is InChI=1S/C8H7BrFNOS/c9-5-1-2-7(6(10)3-5)11-8(12)4-13/h1-3,13H,4H2,(H,11,12). The Balaban J connectivity index is 2.83. The first-order valence-electron chi connectivity index (χ1n) is 3.49. The highest BCUT2D eigenvalue weighted by molar-refractivity contribution is 9.10. The molecule has 5 heteroatoms. The molecular formula is C8H7BrFNOS. The van der Waals surface area contributed by atoms with Gasteiger partial charge in [-0.3, -0.25) is 4.79 Å². The summed E-state index contributed by atoms with van der Waals surface area (Å²) in [6.45, 7) is 0. The minimum atomic E-state index is -0.468. The van der Waals surface area contributed by atoms with E-state index in [4.69, 9.17) is 0 Å². The first-order chi connectivity index (χ1) is 6.13. The minimum Gasteiger partial charge on any atom is -0.323 e. The van der Waals surface area contributed by atoms with Crippen LogP contribution in [0.25, 0.3) is 0 Å². The minimum absolute atomic E-state index is 0.0372. The van der Waals surface area contributed by atoms with E-state index in [2.05, 4.69) is 33.9 Å². The quantitative estimate of drug-likeness (QED) is 0.789. The number of halogens is 2. The number of nitrogens with one attached hydrogen (secondary N) is 1. The zero-order chi connectivity index (χ0) is 9.84. The molecule has 0 fully saturated rings. The molecule has 0 saturated heterocycles. The second-order valence-corrected chi connectivity index (χ2v) is 3.56. The van der Waals surface area contributed by atoms with E-state index in [0.717, 1.165) is 0 Å². The molecule has 0 aliphatic heterocycles. The Hall–Kier alpha value is -0.550. The van der Waals surface area contributed by atoms with Crippen LogP contribution in [-0.2, 0) is 4.79 Å². The molecule has 2 nitrogen and oxygen atoms in total. The van der Waals surface area contributed by atoms with Gasteiger partial charge in [0, 0.05) is 4.47 Å². The molecule has 1 aromatic rings. The van der Waals surface area contributed by atoms with Crippen molar-refractivity contribution in [1.29, 1.82) is 0 Å². The van der Waals surface area contributed by atoms with Crippen LogP contribution in [0.3, 0.4) is 0 Å². The summed E-state index contributed by atoms with van der Waals surface area (Å²) in [5.41, 5.74) is 0.169. The van der Waals surface area contributed by atoms with Crippen molar-refractivity contribution in [2.24, 2.45) is 0 Å². The van der Waals surface area contributed by atoms with Gasteiger partial charge in [0.15, 0.2) is 0 Å². The molecule has 70 valence electrons. The molecule has 0 unspecified atom stereocenters. The molecule has 1 amide bonds. The number of benzene rings is 1. The lowest BCUT2D eigenvalue weighted by Crippen LogP contribution is -2.13. The molecule has 0 atom stereocenters. The fourth-order valence-corrected chi connectivity index (χ4v) is 1.19. The molecule has 0 aliphatic carbocycles. The van der Waals surface area contributed by atoms with Gasteiger partial charge in [0.25, 0.3) is 0 Å². The highest BCUT2D eigenvalue weighted by atomic mass is 79.9. The van der Waals surface area contributed by atoms with E-state index in [1.54, 1.807) is 6.07 Å². The molecule has 1 N–H and O–H groups in total. The first kappa shape index (κ1) is 10.5. The molecule has 0 aromatic heterocycles. The number of hydrogen-bond donors (Lipinski definition) is 2. The van der Waals surface area contributed by atoms with Gasteiger partial charge in [-0.2, -0.15) is 12.6 Å². The summed E-state index contributed by atoms with van der Waals surface area (Å²) in [6, 6.07) is 4.42.